The first-order valence-corrected chi connectivity index (χ1v) is 9.49. The number of methoxy groups -OCH3 is 4. The SMILES string of the molecule is COc1cc(C(=O)c2c(-c3cnn(C)c3)oc3c(=O)c(OC)c[nH]c23)cc(OC)c1OC. The Labute approximate surface area is 182 Å². The molecule has 0 aliphatic rings. The van der Waals surface area contributed by atoms with Crippen molar-refractivity contribution in [1.29, 1.82) is 0 Å². The van der Waals surface area contributed by atoms with Crippen LogP contribution in [0.4, 0.5) is 0 Å². The maximum atomic E-state index is 13.7. The standard InChI is InChI=1S/C22H21N3O7/c1-25-10-12(8-24-25)20-16(17-22(32-20)19(27)15(30-4)9-23-17)18(26)11-6-13(28-2)21(31-5)14(7-11)29-3/h6-10H,1-5H3,(H,23,27). The Morgan fingerprint density at radius 3 is 2.22 bits per heavy atom. The van der Waals surface area contributed by atoms with E-state index in [4.69, 9.17) is 23.4 Å². The van der Waals surface area contributed by atoms with Crippen molar-refractivity contribution in [2.45, 2.75) is 0 Å². The van der Waals surface area contributed by atoms with Crippen LogP contribution in [0.2, 0.25) is 0 Å². The zero-order valence-corrected chi connectivity index (χ0v) is 18.1. The highest BCUT2D eigenvalue weighted by Crippen LogP contribution is 2.40. The Morgan fingerprint density at radius 2 is 1.69 bits per heavy atom. The highest BCUT2D eigenvalue weighted by molar-refractivity contribution is 6.19. The summed E-state index contributed by atoms with van der Waals surface area (Å²) in [7, 11) is 7.52. The molecule has 3 aromatic heterocycles. The lowest BCUT2D eigenvalue weighted by Crippen LogP contribution is -2.08. The average Bonchev–Trinajstić information content (AvgIpc) is 3.41. The Hall–Kier alpha value is -4.21. The second-order valence-electron chi connectivity index (χ2n) is 6.84. The number of ether oxygens (including phenoxy) is 4. The molecule has 3 heterocycles. The van der Waals surface area contributed by atoms with E-state index >= 15 is 0 Å². The fourth-order valence-corrected chi connectivity index (χ4v) is 3.51. The number of carbonyl (C=O) groups excluding carboxylic acids is 1. The van der Waals surface area contributed by atoms with E-state index in [1.165, 1.54) is 46.8 Å². The molecule has 10 heteroatoms. The molecule has 10 nitrogen and oxygen atoms in total. The van der Waals surface area contributed by atoms with Crippen molar-refractivity contribution >= 4 is 16.9 Å². The van der Waals surface area contributed by atoms with Gasteiger partial charge in [0.1, 0.15) is 5.52 Å². The molecule has 166 valence electrons. The molecule has 1 N–H and O–H groups in total. The molecule has 0 saturated heterocycles. The van der Waals surface area contributed by atoms with Gasteiger partial charge in [-0.25, -0.2) is 0 Å². The molecule has 0 aliphatic heterocycles. The van der Waals surface area contributed by atoms with Crippen molar-refractivity contribution in [1.82, 2.24) is 14.8 Å². The van der Waals surface area contributed by atoms with Crippen LogP contribution in [0.3, 0.4) is 0 Å². The van der Waals surface area contributed by atoms with Crippen molar-refractivity contribution in [3.8, 4) is 34.3 Å². The van der Waals surface area contributed by atoms with Crippen LogP contribution in [0.1, 0.15) is 15.9 Å². The number of aromatic amines is 1. The van der Waals surface area contributed by atoms with E-state index in [-0.39, 0.29) is 33.7 Å². The zero-order valence-electron chi connectivity index (χ0n) is 18.1. The quantitative estimate of drug-likeness (QED) is 0.437. The smallest absolute Gasteiger partial charge is 0.266 e. The number of hydrogen-bond donors (Lipinski definition) is 1. The number of fused-ring (bicyclic) bond motifs is 1. The third-order valence-corrected chi connectivity index (χ3v) is 5.03. The molecule has 0 amide bonds. The third kappa shape index (κ3) is 3.25. The van der Waals surface area contributed by atoms with Crippen LogP contribution < -0.4 is 24.4 Å². The lowest BCUT2D eigenvalue weighted by Gasteiger charge is -2.13. The fraction of sp³-hybridized carbons (Fsp3) is 0.227. The third-order valence-electron chi connectivity index (χ3n) is 5.03. The topological polar surface area (TPSA) is 118 Å². The summed E-state index contributed by atoms with van der Waals surface area (Å²) in [4.78, 5) is 29.5. The van der Waals surface area contributed by atoms with Gasteiger partial charge in [-0.15, -0.1) is 0 Å². The van der Waals surface area contributed by atoms with Gasteiger partial charge in [-0.05, 0) is 12.1 Å². The predicted molar refractivity (Wildman–Crippen MR) is 115 cm³/mol. The van der Waals surface area contributed by atoms with Gasteiger partial charge in [0.15, 0.2) is 28.8 Å². The maximum absolute atomic E-state index is 13.7. The summed E-state index contributed by atoms with van der Waals surface area (Å²) in [6, 6.07) is 3.08. The van der Waals surface area contributed by atoms with E-state index in [0.717, 1.165) is 0 Å². The van der Waals surface area contributed by atoms with E-state index in [0.29, 0.717) is 22.8 Å². The molecule has 0 fully saturated rings. The van der Waals surface area contributed by atoms with Gasteiger partial charge in [0, 0.05) is 25.0 Å². The number of aryl methyl sites for hydroxylation is 1. The number of pyridine rings is 1. The number of hydrogen-bond acceptors (Lipinski definition) is 8. The van der Waals surface area contributed by atoms with Gasteiger partial charge in [0.2, 0.25) is 11.3 Å². The molecule has 0 bridgehead atoms. The molecule has 0 unspecified atom stereocenters. The molecule has 0 radical (unpaired) electrons. The van der Waals surface area contributed by atoms with Crippen LogP contribution in [-0.2, 0) is 7.05 Å². The number of rotatable bonds is 7. The highest BCUT2D eigenvalue weighted by Gasteiger charge is 2.28. The molecule has 0 aliphatic carbocycles. The first-order valence-electron chi connectivity index (χ1n) is 9.49. The van der Waals surface area contributed by atoms with E-state index < -0.39 is 11.2 Å². The number of aromatic nitrogens is 3. The van der Waals surface area contributed by atoms with E-state index in [1.807, 2.05) is 0 Å². The van der Waals surface area contributed by atoms with Gasteiger partial charge >= 0.3 is 0 Å². The molecule has 4 rings (SSSR count). The van der Waals surface area contributed by atoms with Gasteiger partial charge in [0.25, 0.3) is 5.43 Å². The van der Waals surface area contributed by atoms with E-state index in [9.17, 15) is 9.59 Å². The molecule has 32 heavy (non-hydrogen) atoms. The molecular weight excluding hydrogens is 418 g/mol. The monoisotopic (exact) mass is 439 g/mol. The van der Waals surface area contributed by atoms with Crippen molar-refractivity contribution < 1.29 is 28.2 Å². The number of nitrogens with one attached hydrogen (secondary N) is 1. The number of furan rings is 1. The summed E-state index contributed by atoms with van der Waals surface area (Å²) in [5, 5.41) is 4.15. The second-order valence-corrected chi connectivity index (χ2v) is 6.84. The molecular formula is C22H21N3O7. The van der Waals surface area contributed by atoms with Crippen LogP contribution in [0.15, 0.2) is 39.9 Å². The summed E-state index contributed by atoms with van der Waals surface area (Å²) in [6.07, 6.45) is 4.62. The minimum atomic E-state index is -0.477. The van der Waals surface area contributed by atoms with E-state index in [1.54, 1.807) is 24.1 Å². The second kappa shape index (κ2) is 8.14. The van der Waals surface area contributed by atoms with Gasteiger partial charge in [-0.1, -0.05) is 0 Å². The Morgan fingerprint density at radius 1 is 1.03 bits per heavy atom. The average molecular weight is 439 g/mol. The van der Waals surface area contributed by atoms with Gasteiger partial charge in [-0.3, -0.25) is 14.3 Å². The summed E-state index contributed by atoms with van der Waals surface area (Å²) < 4.78 is 28.6. The van der Waals surface area contributed by atoms with Gasteiger partial charge in [-0.2, -0.15) is 5.10 Å². The number of benzene rings is 1. The number of nitrogens with zero attached hydrogens (tertiary/aromatic N) is 2. The first kappa shape index (κ1) is 21.0. The Balaban J connectivity index is 2.00. The summed E-state index contributed by atoms with van der Waals surface area (Å²) >= 11 is 0. The van der Waals surface area contributed by atoms with Crippen LogP contribution >= 0.6 is 0 Å². The number of H-pyrrole nitrogens is 1. The van der Waals surface area contributed by atoms with Crippen molar-refractivity contribution in [3.05, 3.63) is 52.1 Å². The van der Waals surface area contributed by atoms with E-state index in [2.05, 4.69) is 10.1 Å². The fourth-order valence-electron chi connectivity index (χ4n) is 3.51. The highest BCUT2D eigenvalue weighted by atomic mass is 16.5. The largest absolute Gasteiger partial charge is 0.493 e. The zero-order chi connectivity index (χ0) is 23.0. The van der Waals surface area contributed by atoms with Crippen LogP contribution in [-0.4, -0.2) is 49.0 Å². The lowest BCUT2D eigenvalue weighted by atomic mass is 9.99. The Kier molecular flexibility index (Phi) is 5.35. The van der Waals surface area contributed by atoms with Crippen LogP contribution in [0, 0.1) is 0 Å². The summed E-state index contributed by atoms with van der Waals surface area (Å²) in [6.45, 7) is 0. The van der Waals surface area contributed by atoms with Crippen molar-refractivity contribution in [2.24, 2.45) is 7.05 Å². The molecule has 0 atom stereocenters. The van der Waals surface area contributed by atoms with Crippen molar-refractivity contribution in [3.63, 3.8) is 0 Å². The predicted octanol–water partition coefficient (Wildman–Crippen LogP) is 2.79. The molecule has 0 saturated carbocycles. The minimum Gasteiger partial charge on any atom is -0.493 e. The molecule has 1 aromatic carbocycles. The summed E-state index contributed by atoms with van der Waals surface area (Å²) in [5.74, 6) is 0.850. The van der Waals surface area contributed by atoms with Crippen LogP contribution in [0.5, 0.6) is 23.0 Å². The molecule has 4 aromatic rings. The van der Waals surface area contributed by atoms with Crippen molar-refractivity contribution in [2.75, 3.05) is 28.4 Å². The Bertz CT molecular complexity index is 1360. The summed E-state index contributed by atoms with van der Waals surface area (Å²) in [5.41, 5.74) is 0.694. The lowest BCUT2D eigenvalue weighted by molar-refractivity contribution is 0.103. The number of ketones is 1. The molecule has 0 spiro atoms. The van der Waals surface area contributed by atoms with Gasteiger partial charge in [0.05, 0.1) is 45.8 Å². The minimum absolute atomic E-state index is 0.0287. The maximum Gasteiger partial charge on any atom is 0.266 e. The first-order chi connectivity index (χ1) is 15.4. The van der Waals surface area contributed by atoms with Gasteiger partial charge < -0.3 is 28.3 Å². The van der Waals surface area contributed by atoms with Crippen LogP contribution in [0.25, 0.3) is 22.4 Å². The number of carbonyl (C=O) groups is 1. The normalized spacial score (nSPS) is 10.9.